The van der Waals surface area contributed by atoms with Crippen LogP contribution < -0.4 is 9.62 Å². The Labute approximate surface area is 202 Å². The van der Waals surface area contributed by atoms with Crippen LogP contribution in [0.15, 0.2) is 54.6 Å². The maximum absolute atomic E-state index is 14.3. The van der Waals surface area contributed by atoms with Gasteiger partial charge in [0.25, 0.3) is 0 Å². The van der Waals surface area contributed by atoms with Crippen LogP contribution in [-0.4, -0.2) is 50.5 Å². The summed E-state index contributed by atoms with van der Waals surface area (Å²) < 4.78 is 40.1. The molecule has 7 nitrogen and oxygen atoms in total. The minimum absolute atomic E-state index is 0.00903. The SMILES string of the molecule is CC(C)CNC(=O)[C@@H](C)N(Cc1ccccc1F)C(=O)CCCN(c1ccccc1)S(C)(=O)=O. The number of hydrogen-bond donors (Lipinski definition) is 1. The van der Waals surface area contributed by atoms with Gasteiger partial charge < -0.3 is 10.2 Å². The van der Waals surface area contributed by atoms with Gasteiger partial charge in [-0.15, -0.1) is 0 Å². The summed E-state index contributed by atoms with van der Waals surface area (Å²) in [4.78, 5) is 27.2. The van der Waals surface area contributed by atoms with Crippen LogP contribution in [0.1, 0.15) is 39.2 Å². The minimum Gasteiger partial charge on any atom is -0.354 e. The number of nitrogens with zero attached hydrogens (tertiary/aromatic N) is 2. The second-order valence-corrected chi connectivity index (χ2v) is 10.6. The van der Waals surface area contributed by atoms with Gasteiger partial charge in [-0.05, 0) is 37.5 Å². The van der Waals surface area contributed by atoms with Gasteiger partial charge in [0.1, 0.15) is 11.9 Å². The first kappa shape index (κ1) is 27.3. The van der Waals surface area contributed by atoms with Crippen molar-refractivity contribution >= 4 is 27.5 Å². The van der Waals surface area contributed by atoms with Crippen molar-refractivity contribution in [2.24, 2.45) is 5.92 Å². The molecule has 186 valence electrons. The summed E-state index contributed by atoms with van der Waals surface area (Å²) in [5, 5.41) is 2.82. The second kappa shape index (κ2) is 12.5. The van der Waals surface area contributed by atoms with Crippen LogP contribution in [0.4, 0.5) is 10.1 Å². The molecule has 34 heavy (non-hydrogen) atoms. The van der Waals surface area contributed by atoms with E-state index in [9.17, 15) is 22.4 Å². The number of carbonyl (C=O) groups excluding carboxylic acids is 2. The van der Waals surface area contributed by atoms with Crippen LogP contribution in [0.3, 0.4) is 0 Å². The summed E-state index contributed by atoms with van der Waals surface area (Å²) >= 11 is 0. The number of nitrogens with one attached hydrogen (secondary N) is 1. The van der Waals surface area contributed by atoms with Crippen molar-refractivity contribution in [1.29, 1.82) is 0 Å². The number of sulfonamides is 1. The second-order valence-electron chi connectivity index (χ2n) is 8.70. The molecule has 1 N–H and O–H groups in total. The number of rotatable bonds is 12. The Morgan fingerprint density at radius 1 is 1.00 bits per heavy atom. The molecule has 2 aromatic rings. The summed E-state index contributed by atoms with van der Waals surface area (Å²) in [5.41, 5.74) is 0.823. The third kappa shape index (κ3) is 8.13. The van der Waals surface area contributed by atoms with E-state index in [4.69, 9.17) is 0 Å². The topological polar surface area (TPSA) is 86.8 Å². The molecule has 0 saturated carbocycles. The first-order valence-electron chi connectivity index (χ1n) is 11.3. The van der Waals surface area contributed by atoms with Crippen molar-refractivity contribution < 1.29 is 22.4 Å². The van der Waals surface area contributed by atoms with Crippen LogP contribution in [-0.2, 0) is 26.2 Å². The molecular formula is C25H34FN3O4S. The standard InChI is InChI=1S/C25H34FN3O4S/c1-19(2)17-27-25(31)20(3)28(18-21-11-8-9-14-23(21)26)24(30)15-10-16-29(34(4,32)33)22-12-6-5-7-13-22/h5-9,11-14,19-20H,10,15-18H2,1-4H3,(H,27,31)/t20-/m1/s1. The highest BCUT2D eigenvalue weighted by molar-refractivity contribution is 7.92. The maximum Gasteiger partial charge on any atom is 0.242 e. The molecule has 0 unspecified atom stereocenters. The Morgan fingerprint density at radius 2 is 1.62 bits per heavy atom. The molecule has 2 rings (SSSR count). The van der Waals surface area contributed by atoms with Crippen LogP contribution in [0, 0.1) is 11.7 Å². The molecule has 0 aromatic heterocycles. The average Bonchev–Trinajstić information content (AvgIpc) is 2.78. The first-order chi connectivity index (χ1) is 16.0. The molecule has 0 heterocycles. The van der Waals surface area contributed by atoms with E-state index in [2.05, 4.69) is 5.32 Å². The lowest BCUT2D eigenvalue weighted by Crippen LogP contribution is -2.48. The predicted molar refractivity (Wildman–Crippen MR) is 132 cm³/mol. The molecule has 0 aliphatic heterocycles. The van der Waals surface area contributed by atoms with E-state index in [1.165, 1.54) is 15.3 Å². The number of benzene rings is 2. The third-order valence-electron chi connectivity index (χ3n) is 5.35. The highest BCUT2D eigenvalue weighted by atomic mass is 32.2. The molecule has 0 bridgehead atoms. The maximum atomic E-state index is 14.3. The van der Waals surface area contributed by atoms with Gasteiger partial charge in [-0.1, -0.05) is 50.2 Å². The van der Waals surface area contributed by atoms with Crippen molar-refractivity contribution in [3.8, 4) is 0 Å². The van der Waals surface area contributed by atoms with E-state index in [-0.39, 0.29) is 43.7 Å². The van der Waals surface area contributed by atoms with Gasteiger partial charge in [-0.3, -0.25) is 13.9 Å². The highest BCUT2D eigenvalue weighted by Crippen LogP contribution is 2.19. The Kier molecular flexibility index (Phi) is 10.0. The van der Waals surface area contributed by atoms with Crippen molar-refractivity contribution in [3.05, 3.63) is 66.0 Å². The van der Waals surface area contributed by atoms with Crippen molar-refractivity contribution in [1.82, 2.24) is 10.2 Å². The molecule has 0 aliphatic rings. The monoisotopic (exact) mass is 491 g/mol. The van der Waals surface area contributed by atoms with Gasteiger partial charge in [0, 0.05) is 31.6 Å². The van der Waals surface area contributed by atoms with E-state index in [1.54, 1.807) is 55.5 Å². The van der Waals surface area contributed by atoms with E-state index < -0.39 is 21.9 Å². The molecule has 2 amide bonds. The fourth-order valence-electron chi connectivity index (χ4n) is 3.44. The quantitative estimate of drug-likeness (QED) is 0.492. The van der Waals surface area contributed by atoms with E-state index in [0.29, 0.717) is 17.8 Å². The lowest BCUT2D eigenvalue weighted by Gasteiger charge is -2.29. The van der Waals surface area contributed by atoms with E-state index >= 15 is 0 Å². The van der Waals surface area contributed by atoms with Gasteiger partial charge in [0.15, 0.2) is 0 Å². The zero-order valence-electron chi connectivity index (χ0n) is 20.2. The molecule has 0 radical (unpaired) electrons. The van der Waals surface area contributed by atoms with E-state index in [1.807, 2.05) is 13.8 Å². The average molecular weight is 492 g/mol. The summed E-state index contributed by atoms with van der Waals surface area (Å²) in [5.74, 6) is -0.883. The zero-order chi connectivity index (χ0) is 25.3. The fourth-order valence-corrected chi connectivity index (χ4v) is 4.41. The van der Waals surface area contributed by atoms with Crippen LogP contribution in [0.2, 0.25) is 0 Å². The molecule has 0 saturated heterocycles. The Morgan fingerprint density at radius 3 is 2.21 bits per heavy atom. The minimum atomic E-state index is -3.54. The number of para-hydroxylation sites is 1. The number of carbonyl (C=O) groups is 2. The van der Waals surface area contributed by atoms with Crippen LogP contribution in [0.25, 0.3) is 0 Å². The number of halogens is 1. The Balaban J connectivity index is 2.15. The first-order valence-corrected chi connectivity index (χ1v) is 13.2. The molecule has 9 heteroatoms. The zero-order valence-corrected chi connectivity index (χ0v) is 21.0. The fraction of sp³-hybridized carbons (Fsp3) is 0.440. The van der Waals surface area contributed by atoms with Crippen molar-refractivity contribution in [3.63, 3.8) is 0 Å². The Hall–Kier alpha value is -2.94. The normalized spacial score (nSPS) is 12.3. The molecule has 0 aliphatic carbocycles. The van der Waals surface area contributed by atoms with Crippen LogP contribution in [0.5, 0.6) is 0 Å². The van der Waals surface area contributed by atoms with Gasteiger partial charge >= 0.3 is 0 Å². The Bertz CT molecular complexity index is 1060. The number of hydrogen-bond acceptors (Lipinski definition) is 4. The van der Waals surface area contributed by atoms with Gasteiger partial charge in [0.2, 0.25) is 21.8 Å². The third-order valence-corrected chi connectivity index (χ3v) is 6.54. The van der Waals surface area contributed by atoms with Gasteiger partial charge in [-0.2, -0.15) is 0 Å². The summed E-state index contributed by atoms with van der Waals surface area (Å²) in [6.07, 6.45) is 1.37. The molecule has 0 fully saturated rings. The highest BCUT2D eigenvalue weighted by Gasteiger charge is 2.27. The van der Waals surface area contributed by atoms with Gasteiger partial charge in [0.05, 0.1) is 11.9 Å². The molecule has 2 aromatic carbocycles. The summed E-state index contributed by atoms with van der Waals surface area (Å²) in [6, 6.07) is 14.0. The summed E-state index contributed by atoms with van der Waals surface area (Å²) in [7, 11) is -3.54. The molecule has 0 spiro atoms. The predicted octanol–water partition coefficient (Wildman–Crippen LogP) is 3.56. The molecular weight excluding hydrogens is 457 g/mol. The largest absolute Gasteiger partial charge is 0.354 e. The smallest absolute Gasteiger partial charge is 0.242 e. The van der Waals surface area contributed by atoms with E-state index in [0.717, 1.165) is 6.26 Å². The van der Waals surface area contributed by atoms with Gasteiger partial charge in [-0.25, -0.2) is 12.8 Å². The van der Waals surface area contributed by atoms with Crippen molar-refractivity contribution in [2.75, 3.05) is 23.7 Å². The number of amides is 2. The molecule has 1 atom stereocenters. The lowest BCUT2D eigenvalue weighted by atomic mass is 10.1. The number of anilines is 1. The lowest BCUT2D eigenvalue weighted by molar-refractivity contribution is -0.140. The van der Waals surface area contributed by atoms with Crippen LogP contribution >= 0.6 is 0 Å². The summed E-state index contributed by atoms with van der Waals surface area (Å²) in [6.45, 7) is 6.06. The van der Waals surface area contributed by atoms with Crippen molar-refractivity contribution in [2.45, 2.75) is 46.2 Å².